The zero-order chi connectivity index (χ0) is 15.2. The summed E-state index contributed by atoms with van der Waals surface area (Å²) in [6.07, 6.45) is 7.46. The topological polar surface area (TPSA) is 54.5 Å². The van der Waals surface area contributed by atoms with E-state index in [0.29, 0.717) is 11.7 Å². The maximum absolute atomic E-state index is 10.7. The van der Waals surface area contributed by atoms with E-state index in [9.17, 15) is 4.79 Å². The number of aromatic nitrogens is 1. The highest BCUT2D eigenvalue weighted by Gasteiger charge is 2.22. The van der Waals surface area contributed by atoms with Crippen molar-refractivity contribution in [3.05, 3.63) is 23.9 Å². The molecule has 0 aromatic carbocycles. The lowest BCUT2D eigenvalue weighted by atomic mass is 9.99. The van der Waals surface area contributed by atoms with Gasteiger partial charge in [-0.3, -0.25) is 4.79 Å². The highest BCUT2D eigenvalue weighted by molar-refractivity contribution is 5.74. The maximum atomic E-state index is 10.7. The number of anilines is 1. The summed E-state index contributed by atoms with van der Waals surface area (Å²) in [5, 5.41) is 3.39. The molecule has 1 N–H and O–H groups in total. The molecule has 0 atom stereocenters. The van der Waals surface area contributed by atoms with Crippen LogP contribution in [-0.4, -0.2) is 50.2 Å². The van der Waals surface area contributed by atoms with Crippen molar-refractivity contribution < 1.29 is 9.53 Å². The lowest BCUT2D eigenvalue weighted by Crippen LogP contribution is -2.38. The molecule has 3 rings (SSSR count). The zero-order valence-electron chi connectivity index (χ0n) is 13.0. The number of piperidine rings is 2. The Bertz CT molecular complexity index is 463. The number of pyridine rings is 1. The molecule has 3 heterocycles. The summed E-state index contributed by atoms with van der Waals surface area (Å²) in [7, 11) is 0. The summed E-state index contributed by atoms with van der Waals surface area (Å²) in [5.74, 6) is 1.69. The number of hydrogen-bond donors (Lipinski definition) is 1. The van der Waals surface area contributed by atoms with Crippen LogP contribution in [0.15, 0.2) is 18.3 Å². The van der Waals surface area contributed by atoms with Gasteiger partial charge in [-0.2, -0.15) is 0 Å². The molecule has 120 valence electrons. The van der Waals surface area contributed by atoms with E-state index in [1.54, 1.807) is 6.20 Å². The van der Waals surface area contributed by atoms with Crippen LogP contribution in [0.1, 0.15) is 36.0 Å². The second-order valence-corrected chi connectivity index (χ2v) is 6.28. The summed E-state index contributed by atoms with van der Waals surface area (Å²) in [5.41, 5.74) is 0.629. The van der Waals surface area contributed by atoms with Crippen molar-refractivity contribution in [2.24, 2.45) is 5.92 Å². The predicted octanol–water partition coefficient (Wildman–Crippen LogP) is 1.88. The standard InChI is InChI=1S/C17H25N3O2/c21-12-15-1-2-17(19-11-15)20-9-5-16(6-10-20)22-13-14-3-7-18-8-4-14/h1-2,11-12,14,16,18H,3-10,13H2. The molecule has 2 fully saturated rings. The number of nitrogens with one attached hydrogen (secondary N) is 1. The Kier molecular flexibility index (Phi) is 5.40. The SMILES string of the molecule is O=Cc1ccc(N2CCC(OCC3CCNCC3)CC2)nc1. The van der Waals surface area contributed by atoms with Gasteiger partial charge in [0.15, 0.2) is 6.29 Å². The first kappa shape index (κ1) is 15.4. The minimum atomic E-state index is 0.389. The molecule has 0 amide bonds. The quantitative estimate of drug-likeness (QED) is 0.842. The van der Waals surface area contributed by atoms with E-state index in [4.69, 9.17) is 4.74 Å². The molecular formula is C17H25N3O2. The van der Waals surface area contributed by atoms with Gasteiger partial charge in [0.2, 0.25) is 0 Å². The first-order chi connectivity index (χ1) is 10.8. The van der Waals surface area contributed by atoms with Crippen LogP contribution in [0.3, 0.4) is 0 Å². The number of nitrogens with zero attached hydrogens (tertiary/aromatic N) is 2. The largest absolute Gasteiger partial charge is 0.378 e. The first-order valence-corrected chi connectivity index (χ1v) is 8.33. The van der Waals surface area contributed by atoms with E-state index in [1.165, 1.54) is 12.8 Å². The molecule has 0 unspecified atom stereocenters. The van der Waals surface area contributed by atoms with E-state index >= 15 is 0 Å². The van der Waals surface area contributed by atoms with E-state index in [0.717, 1.165) is 63.6 Å². The van der Waals surface area contributed by atoms with Crippen molar-refractivity contribution in [1.82, 2.24) is 10.3 Å². The highest BCUT2D eigenvalue weighted by atomic mass is 16.5. The molecule has 22 heavy (non-hydrogen) atoms. The lowest BCUT2D eigenvalue weighted by molar-refractivity contribution is 0.00941. The van der Waals surface area contributed by atoms with Gasteiger partial charge in [-0.15, -0.1) is 0 Å². The number of hydrogen-bond acceptors (Lipinski definition) is 5. The number of aldehydes is 1. The van der Waals surface area contributed by atoms with Crippen molar-refractivity contribution in [3.63, 3.8) is 0 Å². The molecule has 2 aliphatic rings. The van der Waals surface area contributed by atoms with Crippen molar-refractivity contribution >= 4 is 12.1 Å². The first-order valence-electron chi connectivity index (χ1n) is 8.33. The van der Waals surface area contributed by atoms with Crippen LogP contribution >= 0.6 is 0 Å². The monoisotopic (exact) mass is 303 g/mol. The van der Waals surface area contributed by atoms with Crippen LogP contribution in [0.4, 0.5) is 5.82 Å². The number of carbonyl (C=O) groups excluding carboxylic acids is 1. The molecule has 0 saturated carbocycles. The van der Waals surface area contributed by atoms with Crippen molar-refractivity contribution in [2.45, 2.75) is 31.8 Å². The Morgan fingerprint density at radius 1 is 1.23 bits per heavy atom. The van der Waals surface area contributed by atoms with Crippen molar-refractivity contribution in [1.29, 1.82) is 0 Å². The third-order valence-corrected chi connectivity index (χ3v) is 4.70. The summed E-state index contributed by atoms with van der Waals surface area (Å²) >= 11 is 0. The van der Waals surface area contributed by atoms with Crippen LogP contribution in [0.25, 0.3) is 0 Å². The molecule has 5 nitrogen and oxygen atoms in total. The van der Waals surface area contributed by atoms with Crippen LogP contribution in [0.2, 0.25) is 0 Å². The molecule has 0 spiro atoms. The summed E-state index contributed by atoms with van der Waals surface area (Å²) in [6.45, 7) is 5.14. The molecule has 1 aromatic heterocycles. The average molecular weight is 303 g/mol. The summed E-state index contributed by atoms with van der Waals surface area (Å²) < 4.78 is 6.12. The van der Waals surface area contributed by atoms with E-state index in [2.05, 4.69) is 15.2 Å². The number of ether oxygens (including phenoxy) is 1. The molecule has 5 heteroatoms. The van der Waals surface area contributed by atoms with Gasteiger partial charge in [0, 0.05) is 31.5 Å². The van der Waals surface area contributed by atoms with Gasteiger partial charge in [-0.25, -0.2) is 4.98 Å². The molecule has 0 aliphatic carbocycles. The van der Waals surface area contributed by atoms with Crippen molar-refractivity contribution in [3.8, 4) is 0 Å². The minimum Gasteiger partial charge on any atom is -0.378 e. The van der Waals surface area contributed by atoms with E-state index < -0.39 is 0 Å². The van der Waals surface area contributed by atoms with Crippen LogP contribution < -0.4 is 10.2 Å². The summed E-state index contributed by atoms with van der Waals surface area (Å²) in [4.78, 5) is 17.3. The average Bonchev–Trinajstić information content (AvgIpc) is 2.61. The van der Waals surface area contributed by atoms with Crippen LogP contribution in [-0.2, 0) is 4.74 Å². The minimum absolute atomic E-state index is 0.389. The fourth-order valence-corrected chi connectivity index (χ4v) is 3.23. The van der Waals surface area contributed by atoms with Gasteiger partial charge in [0.1, 0.15) is 5.82 Å². The third kappa shape index (κ3) is 4.05. The Morgan fingerprint density at radius 2 is 2.00 bits per heavy atom. The molecule has 2 aliphatic heterocycles. The smallest absolute Gasteiger partial charge is 0.151 e. The molecular weight excluding hydrogens is 278 g/mol. The van der Waals surface area contributed by atoms with Gasteiger partial charge in [0.05, 0.1) is 6.10 Å². The van der Waals surface area contributed by atoms with Gasteiger partial charge in [0.25, 0.3) is 0 Å². The van der Waals surface area contributed by atoms with E-state index in [1.807, 2.05) is 12.1 Å². The Labute approximate surface area is 132 Å². The molecule has 0 radical (unpaired) electrons. The maximum Gasteiger partial charge on any atom is 0.151 e. The predicted molar refractivity (Wildman–Crippen MR) is 86.4 cm³/mol. The zero-order valence-corrected chi connectivity index (χ0v) is 13.0. The Hall–Kier alpha value is -1.46. The van der Waals surface area contributed by atoms with Gasteiger partial charge >= 0.3 is 0 Å². The lowest BCUT2D eigenvalue weighted by Gasteiger charge is -2.33. The van der Waals surface area contributed by atoms with Crippen LogP contribution in [0, 0.1) is 5.92 Å². The molecule has 0 bridgehead atoms. The second kappa shape index (κ2) is 7.70. The Morgan fingerprint density at radius 3 is 2.64 bits per heavy atom. The van der Waals surface area contributed by atoms with Crippen LogP contribution in [0.5, 0.6) is 0 Å². The molecule has 2 saturated heterocycles. The molecule has 1 aromatic rings. The second-order valence-electron chi connectivity index (χ2n) is 6.28. The van der Waals surface area contributed by atoms with Gasteiger partial charge in [-0.1, -0.05) is 0 Å². The highest BCUT2D eigenvalue weighted by Crippen LogP contribution is 2.21. The van der Waals surface area contributed by atoms with E-state index in [-0.39, 0.29) is 0 Å². The van der Waals surface area contributed by atoms with Crippen molar-refractivity contribution in [2.75, 3.05) is 37.7 Å². The fraction of sp³-hybridized carbons (Fsp3) is 0.647. The number of rotatable bonds is 5. The third-order valence-electron chi connectivity index (χ3n) is 4.70. The normalized spacial score (nSPS) is 21.0. The van der Waals surface area contributed by atoms with Gasteiger partial charge < -0.3 is 15.0 Å². The Balaban J connectivity index is 1.42. The fourth-order valence-electron chi connectivity index (χ4n) is 3.23. The number of carbonyl (C=O) groups is 1. The summed E-state index contributed by atoms with van der Waals surface area (Å²) in [6, 6.07) is 3.76. The van der Waals surface area contributed by atoms with Gasteiger partial charge in [-0.05, 0) is 56.8 Å².